The molecule has 12 heteroatoms. The van der Waals surface area contributed by atoms with Gasteiger partial charge >= 0.3 is 6.03 Å². The van der Waals surface area contributed by atoms with Crippen molar-refractivity contribution in [2.24, 2.45) is 0 Å². The quantitative estimate of drug-likeness (QED) is 0.211. The number of carbonyl (C=O) groups is 1. The van der Waals surface area contributed by atoms with Crippen LogP contribution >= 0.6 is 10.8 Å². The predicted octanol–water partition coefficient (Wildman–Crippen LogP) is -3.22. The van der Waals surface area contributed by atoms with E-state index in [2.05, 4.69) is 10.6 Å². The molecule has 0 radical (unpaired) electrons. The van der Waals surface area contributed by atoms with E-state index in [0.717, 1.165) is 6.26 Å². The largest absolute Gasteiger partial charge is 0.394 e. The zero-order valence-electron chi connectivity index (χ0n) is 11.7. The molecule has 10 nitrogen and oxygen atoms in total. The minimum Gasteiger partial charge on any atom is -0.394 e. The molecular weight excluding hydrogens is 340 g/mol. The normalized spacial score (nSPS) is 32.5. The highest BCUT2D eigenvalue weighted by atomic mass is 33.1. The fourth-order valence-corrected chi connectivity index (χ4v) is 3.41. The van der Waals surface area contributed by atoms with Crippen molar-refractivity contribution in [2.45, 2.75) is 30.6 Å². The van der Waals surface area contributed by atoms with Crippen molar-refractivity contribution in [3.8, 4) is 0 Å². The van der Waals surface area contributed by atoms with E-state index in [4.69, 9.17) is 9.84 Å². The van der Waals surface area contributed by atoms with Gasteiger partial charge in [-0.05, 0) is 10.8 Å². The second kappa shape index (κ2) is 8.29. The molecule has 1 aliphatic rings. The maximum Gasteiger partial charge on any atom is 0.316 e. The third kappa shape index (κ3) is 5.87. The average molecular weight is 360 g/mol. The number of aliphatic hydroxyl groups excluding tert-OH is 4. The molecule has 6 N–H and O–H groups in total. The number of amides is 2. The Morgan fingerprint density at radius 2 is 1.86 bits per heavy atom. The molecule has 0 aliphatic carbocycles. The SMILES string of the molecule is CS(=O)(=O)SCCNC(=O)N[C@@H]1O[C@@H](CO)[C@@H](O)[C@H](O)[C@@H]1O. The van der Waals surface area contributed by atoms with Crippen LogP contribution in [0.25, 0.3) is 0 Å². The summed E-state index contributed by atoms with van der Waals surface area (Å²) < 4.78 is 26.8. The maximum absolute atomic E-state index is 11.6. The Kier molecular flexibility index (Phi) is 7.31. The Hall–Kier alpha value is -0.630. The van der Waals surface area contributed by atoms with Crippen LogP contribution in [-0.4, -0.2) is 90.7 Å². The molecule has 1 fully saturated rings. The topological polar surface area (TPSA) is 165 Å². The fraction of sp³-hybridized carbons (Fsp3) is 0.900. The third-order valence-corrected chi connectivity index (χ3v) is 5.43. The fourth-order valence-electron chi connectivity index (χ4n) is 1.76. The Morgan fingerprint density at radius 3 is 2.41 bits per heavy atom. The molecule has 0 aromatic rings. The number of hydrogen-bond donors (Lipinski definition) is 6. The van der Waals surface area contributed by atoms with Crippen LogP contribution in [0.4, 0.5) is 4.79 Å². The summed E-state index contributed by atoms with van der Waals surface area (Å²) in [5.74, 6) is 0.140. The molecule has 1 saturated heterocycles. The highest BCUT2D eigenvalue weighted by Gasteiger charge is 2.43. The van der Waals surface area contributed by atoms with Gasteiger partial charge in [-0.25, -0.2) is 13.2 Å². The van der Waals surface area contributed by atoms with E-state index in [-0.39, 0.29) is 12.3 Å². The smallest absolute Gasteiger partial charge is 0.316 e. The maximum atomic E-state index is 11.6. The minimum absolute atomic E-state index is 0.0565. The lowest BCUT2D eigenvalue weighted by atomic mass is 9.98. The zero-order valence-corrected chi connectivity index (χ0v) is 13.4. The highest BCUT2D eigenvalue weighted by Crippen LogP contribution is 2.19. The van der Waals surface area contributed by atoms with Gasteiger partial charge in [-0.15, -0.1) is 0 Å². The first-order valence-electron chi connectivity index (χ1n) is 6.35. The van der Waals surface area contributed by atoms with Gasteiger partial charge in [-0.1, -0.05) is 0 Å². The number of aliphatic hydroxyl groups is 4. The Morgan fingerprint density at radius 1 is 1.23 bits per heavy atom. The summed E-state index contributed by atoms with van der Waals surface area (Å²) >= 11 is 0. The molecule has 0 spiro atoms. The van der Waals surface area contributed by atoms with E-state index in [1.54, 1.807) is 0 Å². The molecule has 22 heavy (non-hydrogen) atoms. The monoisotopic (exact) mass is 360 g/mol. The second-order valence-electron chi connectivity index (χ2n) is 4.68. The molecule has 0 saturated carbocycles. The summed E-state index contributed by atoms with van der Waals surface area (Å²) in [7, 11) is -2.52. The molecular formula is C10H20N2O8S2. The van der Waals surface area contributed by atoms with Crippen LogP contribution in [0.3, 0.4) is 0 Å². The van der Waals surface area contributed by atoms with Crippen LogP contribution in [0.2, 0.25) is 0 Å². The van der Waals surface area contributed by atoms with Gasteiger partial charge in [0.15, 0.2) is 15.1 Å². The van der Waals surface area contributed by atoms with Crippen molar-refractivity contribution in [3.05, 3.63) is 0 Å². The van der Waals surface area contributed by atoms with Crippen molar-refractivity contribution < 1.29 is 38.4 Å². The highest BCUT2D eigenvalue weighted by molar-refractivity contribution is 8.71. The number of carbonyl (C=O) groups excluding carboxylic acids is 1. The molecule has 0 bridgehead atoms. The van der Waals surface area contributed by atoms with Crippen molar-refractivity contribution in [3.63, 3.8) is 0 Å². The second-order valence-corrected chi connectivity index (χ2v) is 9.25. The van der Waals surface area contributed by atoms with Crippen LogP contribution in [0.5, 0.6) is 0 Å². The molecule has 1 rings (SSSR count). The first kappa shape index (κ1) is 19.4. The van der Waals surface area contributed by atoms with Crippen LogP contribution in [0.1, 0.15) is 0 Å². The van der Waals surface area contributed by atoms with Gasteiger partial charge in [0.2, 0.25) is 0 Å². The molecule has 0 unspecified atom stereocenters. The summed E-state index contributed by atoms with van der Waals surface area (Å²) in [5.41, 5.74) is 0. The lowest BCUT2D eigenvalue weighted by Gasteiger charge is -2.40. The number of ether oxygens (including phenoxy) is 1. The van der Waals surface area contributed by atoms with Gasteiger partial charge in [0.1, 0.15) is 24.4 Å². The summed E-state index contributed by atoms with van der Waals surface area (Å²) in [6.07, 6.45) is -6.06. The Labute approximate surface area is 131 Å². The standard InChI is InChI=1S/C10H20N2O8S2/c1-22(18,19)21-3-2-11-10(17)12-9-8(16)7(15)6(14)5(4-13)20-9/h5-9,13-16H,2-4H2,1H3,(H2,11,12,17)/t5-,6+,7-,8-,9+/m0/s1. The van der Waals surface area contributed by atoms with Crippen LogP contribution in [0.15, 0.2) is 0 Å². The first-order chi connectivity index (χ1) is 10.2. The Balaban J connectivity index is 2.42. The minimum atomic E-state index is -3.19. The summed E-state index contributed by atoms with van der Waals surface area (Å²) in [6.45, 7) is -0.545. The summed E-state index contributed by atoms with van der Waals surface area (Å²) in [6, 6.07) is -0.751. The number of nitrogens with one attached hydrogen (secondary N) is 2. The molecule has 5 atom stereocenters. The molecule has 130 valence electrons. The van der Waals surface area contributed by atoms with E-state index < -0.39 is 52.2 Å². The lowest BCUT2D eigenvalue weighted by molar-refractivity contribution is -0.233. The van der Waals surface area contributed by atoms with Crippen molar-refractivity contribution >= 4 is 25.7 Å². The molecule has 0 aromatic carbocycles. The van der Waals surface area contributed by atoms with Gasteiger partial charge in [0, 0.05) is 18.6 Å². The van der Waals surface area contributed by atoms with Crippen molar-refractivity contribution in [2.75, 3.05) is 25.2 Å². The number of urea groups is 1. The van der Waals surface area contributed by atoms with Crippen LogP contribution in [0, 0.1) is 0 Å². The summed E-state index contributed by atoms with van der Waals surface area (Å²) in [5, 5.41) is 42.4. The molecule has 0 aromatic heterocycles. The van der Waals surface area contributed by atoms with Gasteiger partial charge in [0.05, 0.1) is 6.61 Å². The van der Waals surface area contributed by atoms with Crippen LogP contribution in [-0.2, 0) is 13.6 Å². The van der Waals surface area contributed by atoms with Gasteiger partial charge in [-0.2, -0.15) is 0 Å². The first-order valence-corrected chi connectivity index (χ1v) is 9.74. The van der Waals surface area contributed by atoms with E-state index in [0.29, 0.717) is 10.8 Å². The molecule has 2 amide bonds. The zero-order chi connectivity index (χ0) is 16.9. The van der Waals surface area contributed by atoms with Crippen molar-refractivity contribution in [1.82, 2.24) is 10.6 Å². The predicted molar refractivity (Wildman–Crippen MR) is 77.6 cm³/mol. The van der Waals surface area contributed by atoms with Gasteiger partial charge < -0.3 is 35.8 Å². The van der Waals surface area contributed by atoms with Gasteiger partial charge in [0.25, 0.3) is 0 Å². The van der Waals surface area contributed by atoms with E-state index in [1.165, 1.54) is 0 Å². The third-order valence-electron chi connectivity index (χ3n) is 2.85. The van der Waals surface area contributed by atoms with E-state index in [9.17, 15) is 28.5 Å². The Bertz CT molecular complexity index is 472. The summed E-state index contributed by atoms with van der Waals surface area (Å²) in [4.78, 5) is 11.6. The van der Waals surface area contributed by atoms with Crippen LogP contribution < -0.4 is 10.6 Å². The number of hydrogen-bond acceptors (Lipinski definition) is 9. The van der Waals surface area contributed by atoms with E-state index >= 15 is 0 Å². The van der Waals surface area contributed by atoms with Crippen molar-refractivity contribution in [1.29, 1.82) is 0 Å². The molecule has 1 aliphatic heterocycles. The molecule has 1 heterocycles. The number of rotatable bonds is 6. The lowest BCUT2D eigenvalue weighted by Crippen LogP contribution is -2.64. The average Bonchev–Trinajstić information content (AvgIpc) is 2.43. The van der Waals surface area contributed by atoms with E-state index in [1.807, 2.05) is 0 Å². The van der Waals surface area contributed by atoms with Gasteiger partial charge in [-0.3, -0.25) is 0 Å².